The summed E-state index contributed by atoms with van der Waals surface area (Å²) < 4.78 is 18.9. The summed E-state index contributed by atoms with van der Waals surface area (Å²) in [5.74, 6) is 6.41. The van der Waals surface area contributed by atoms with Gasteiger partial charge in [0.25, 0.3) is 0 Å². The molecule has 6 nitrogen and oxygen atoms in total. The Balaban J connectivity index is 1.12. The molecule has 0 radical (unpaired) electrons. The van der Waals surface area contributed by atoms with Gasteiger partial charge in [-0.25, -0.2) is 4.79 Å². The van der Waals surface area contributed by atoms with Gasteiger partial charge in [-0.3, -0.25) is 4.90 Å². The lowest BCUT2D eigenvalue weighted by atomic mass is 9.65. The number of carbonyl (C=O) groups is 1. The van der Waals surface area contributed by atoms with Crippen LogP contribution in [0.15, 0.2) is 76.7 Å². The average Bonchev–Trinajstić information content (AvgIpc) is 3.90. The normalized spacial score (nSPS) is 43.8. The molecule has 2 spiro atoms. The van der Waals surface area contributed by atoms with E-state index in [0.29, 0.717) is 45.5 Å². The van der Waals surface area contributed by atoms with Crippen LogP contribution in [-0.4, -0.2) is 58.3 Å². The van der Waals surface area contributed by atoms with Gasteiger partial charge in [0.15, 0.2) is 11.5 Å². The summed E-state index contributed by atoms with van der Waals surface area (Å²) in [5, 5.41) is 13.3. The molecule has 3 saturated carbocycles. The predicted molar refractivity (Wildman–Crippen MR) is 221 cm³/mol. The number of aliphatic hydroxyl groups is 1. The molecule has 5 heterocycles. The van der Waals surface area contributed by atoms with Gasteiger partial charge >= 0.3 is 5.97 Å². The number of allylic oxidation sites excluding steroid dienone is 2. The number of carbonyl (C=O) groups excluding carboxylic acids is 1. The molecule has 4 aliphatic carbocycles. The lowest BCUT2D eigenvalue weighted by Crippen LogP contribution is -2.62. The smallest absolute Gasteiger partial charge is 0.343 e. The Bertz CT molecular complexity index is 1810. The number of hydrogen-bond acceptors (Lipinski definition) is 8. The van der Waals surface area contributed by atoms with Crippen LogP contribution in [0.3, 0.4) is 0 Å². The van der Waals surface area contributed by atoms with Crippen molar-refractivity contribution in [2.24, 2.45) is 46.8 Å². The van der Waals surface area contributed by atoms with E-state index in [2.05, 4.69) is 82.8 Å². The fraction of sp³-hybridized carbons (Fsp3) is 0.681. The third-order valence-corrected chi connectivity index (χ3v) is 19.9. The molecule has 1 N–H and O–H groups in total. The van der Waals surface area contributed by atoms with E-state index in [4.69, 9.17) is 14.2 Å². The number of rotatable bonds is 2. The summed E-state index contributed by atoms with van der Waals surface area (Å²) in [5.41, 5.74) is 3.79. The van der Waals surface area contributed by atoms with Gasteiger partial charge in [0.05, 0.1) is 18.8 Å². The van der Waals surface area contributed by atoms with E-state index in [0.717, 1.165) is 55.4 Å². The highest BCUT2D eigenvalue weighted by molar-refractivity contribution is 8.77. The topological polar surface area (TPSA) is 68.2 Å². The zero-order chi connectivity index (χ0) is 37.6. The third-order valence-electron chi connectivity index (χ3n) is 16.5. The minimum atomic E-state index is -0.415. The van der Waals surface area contributed by atoms with Crippen molar-refractivity contribution in [2.75, 3.05) is 19.4 Å². The number of aliphatic hydroxyl groups excluding tert-OH is 1. The molecule has 55 heavy (non-hydrogen) atoms. The van der Waals surface area contributed by atoms with E-state index in [1.54, 1.807) is 14.0 Å². The average molecular weight is 784 g/mol. The number of esters is 1. The first kappa shape index (κ1) is 37.2. The van der Waals surface area contributed by atoms with Gasteiger partial charge in [-0.15, -0.1) is 0 Å². The van der Waals surface area contributed by atoms with Crippen molar-refractivity contribution >= 4 is 27.6 Å². The van der Waals surface area contributed by atoms with E-state index in [1.165, 1.54) is 68.9 Å². The fourth-order valence-electron chi connectivity index (χ4n) is 14.2. The minimum Gasteiger partial charge on any atom is -0.492 e. The SMILES string of the molecule is COC1=C(C)C(=O)OC1=C1OC2=CCCN3C(CC4C5CC6(CCC(C6)C6(CCCCC6)SSCC6=CCC(C)CC6C(O)C53)C4c3ccccc3)C2C1C. The molecule has 10 rings (SSSR count). The summed E-state index contributed by atoms with van der Waals surface area (Å²) >= 11 is 0. The van der Waals surface area contributed by atoms with E-state index in [-0.39, 0.29) is 41.2 Å². The first-order valence-electron chi connectivity index (χ1n) is 21.8. The highest BCUT2D eigenvalue weighted by atomic mass is 33.1. The van der Waals surface area contributed by atoms with Crippen molar-refractivity contribution in [2.45, 2.75) is 133 Å². The van der Waals surface area contributed by atoms with Gasteiger partial charge in [-0.1, -0.05) is 96.7 Å². The zero-order valence-electron chi connectivity index (χ0n) is 33.3. The van der Waals surface area contributed by atoms with E-state index < -0.39 is 6.10 Å². The molecule has 1 aromatic rings. The van der Waals surface area contributed by atoms with Crippen molar-refractivity contribution in [3.8, 4) is 0 Å². The molecule has 5 aliphatic heterocycles. The zero-order valence-corrected chi connectivity index (χ0v) is 35.0. The molecule has 12 atom stereocenters. The second-order valence-electron chi connectivity index (χ2n) is 19.2. The lowest BCUT2D eigenvalue weighted by Gasteiger charge is -2.54. The van der Waals surface area contributed by atoms with Crippen LogP contribution in [0.25, 0.3) is 0 Å². The summed E-state index contributed by atoms with van der Waals surface area (Å²) in [6.45, 7) is 7.38. The first-order valence-corrected chi connectivity index (χ1v) is 24.1. The predicted octanol–water partition coefficient (Wildman–Crippen LogP) is 10.3. The van der Waals surface area contributed by atoms with Crippen molar-refractivity contribution in [3.63, 3.8) is 0 Å². The van der Waals surface area contributed by atoms with Crippen molar-refractivity contribution in [3.05, 3.63) is 82.2 Å². The second-order valence-corrected chi connectivity index (χ2v) is 21.9. The molecular weight excluding hydrogens is 723 g/mol. The molecule has 1 aromatic carbocycles. The number of methoxy groups -OCH3 is 1. The maximum atomic E-state index is 13.3. The molecule has 9 aliphatic rings. The Morgan fingerprint density at radius 3 is 2.60 bits per heavy atom. The largest absolute Gasteiger partial charge is 0.492 e. The van der Waals surface area contributed by atoms with Crippen LogP contribution in [0.4, 0.5) is 0 Å². The van der Waals surface area contributed by atoms with Gasteiger partial charge < -0.3 is 19.3 Å². The van der Waals surface area contributed by atoms with Crippen LogP contribution < -0.4 is 0 Å². The van der Waals surface area contributed by atoms with E-state index in [1.807, 2.05) is 0 Å². The molecule has 3 saturated heterocycles. The molecule has 296 valence electrons. The Morgan fingerprint density at radius 2 is 1.80 bits per heavy atom. The number of nitrogens with zero attached hydrogens (tertiary/aromatic N) is 1. The van der Waals surface area contributed by atoms with E-state index in [9.17, 15) is 9.90 Å². The molecule has 0 amide bonds. The number of hydrogen-bond donors (Lipinski definition) is 1. The van der Waals surface area contributed by atoms with E-state index >= 15 is 0 Å². The molecule has 8 heteroatoms. The number of fused-ring (bicyclic) bond motifs is 7. The monoisotopic (exact) mass is 783 g/mol. The van der Waals surface area contributed by atoms with Gasteiger partial charge in [0.1, 0.15) is 5.76 Å². The molecular formula is C47H61NO5S2. The highest BCUT2D eigenvalue weighted by Gasteiger charge is 2.65. The highest BCUT2D eigenvalue weighted by Crippen LogP contribution is 2.71. The van der Waals surface area contributed by atoms with Crippen molar-refractivity contribution in [1.29, 1.82) is 0 Å². The Hall–Kier alpha value is -2.13. The Kier molecular flexibility index (Phi) is 9.66. The number of ether oxygens (including phenoxy) is 3. The fourth-order valence-corrected chi connectivity index (χ4v) is 18.0. The van der Waals surface area contributed by atoms with Crippen molar-refractivity contribution in [1.82, 2.24) is 4.90 Å². The standard InChI is InChI=1S/C47H61NO5S2/c1-27-15-16-31-26-54-55-47(18-9-6-10-19-47)32-17-20-46(24-32)25-35-34(39(46)30-12-7-5-8-13-30)23-36-38-28(2)43(44-42(51-4)29(3)45(50)53-44)52-37(38)14-11-21-48(36)40(35)41(49)33(31)22-27/h5,7-8,12-14,16,27-28,32-36,38-41,49H,6,9-11,15,17-26H2,1-4H3. The molecule has 3 bridgehead atoms. The Labute approximate surface area is 336 Å². The van der Waals surface area contributed by atoms with Gasteiger partial charge in [-0.2, -0.15) is 0 Å². The summed E-state index contributed by atoms with van der Waals surface area (Å²) in [7, 11) is 6.04. The summed E-state index contributed by atoms with van der Waals surface area (Å²) in [6.07, 6.45) is 20.8. The van der Waals surface area contributed by atoms with Crippen molar-refractivity contribution < 1.29 is 24.1 Å². The number of piperidine rings is 1. The third kappa shape index (κ3) is 5.90. The second kappa shape index (κ2) is 14.3. The van der Waals surface area contributed by atoms with Gasteiger partial charge in [0.2, 0.25) is 5.76 Å². The lowest BCUT2D eigenvalue weighted by molar-refractivity contribution is -0.133. The van der Waals surface area contributed by atoms with Gasteiger partial charge in [-0.05, 0) is 118 Å². The van der Waals surface area contributed by atoms with Crippen LogP contribution in [0.1, 0.15) is 116 Å². The summed E-state index contributed by atoms with van der Waals surface area (Å²) in [4.78, 5) is 15.6. The molecule has 12 unspecified atom stereocenters. The quantitative estimate of drug-likeness (QED) is 0.181. The molecule has 6 fully saturated rings. The van der Waals surface area contributed by atoms with Crippen LogP contribution >= 0.6 is 21.6 Å². The van der Waals surface area contributed by atoms with Gasteiger partial charge in [0, 0.05) is 46.9 Å². The molecule has 0 aromatic heterocycles. The minimum absolute atomic E-state index is 0.00165. The van der Waals surface area contributed by atoms with Crippen LogP contribution in [0.2, 0.25) is 0 Å². The van der Waals surface area contributed by atoms with Crippen LogP contribution in [0, 0.1) is 46.8 Å². The maximum absolute atomic E-state index is 13.3. The maximum Gasteiger partial charge on any atom is 0.343 e. The number of cyclic esters (lactones) is 1. The Morgan fingerprint density at radius 1 is 0.982 bits per heavy atom. The number of benzene rings is 1. The van der Waals surface area contributed by atoms with Crippen LogP contribution in [0.5, 0.6) is 0 Å². The summed E-state index contributed by atoms with van der Waals surface area (Å²) in [6, 6.07) is 12.0. The van der Waals surface area contributed by atoms with Crippen LogP contribution in [-0.2, 0) is 19.0 Å². The first-order chi connectivity index (χ1) is 26.7.